The van der Waals surface area contributed by atoms with Gasteiger partial charge in [-0.15, -0.1) is 0 Å². The zero-order valence-corrected chi connectivity index (χ0v) is 36.5. The molecule has 5 rings (SSSR count). The predicted octanol–water partition coefficient (Wildman–Crippen LogP) is 5.22. The van der Waals surface area contributed by atoms with Gasteiger partial charge < -0.3 is 39.9 Å². The molecule has 2 aliphatic heterocycles. The summed E-state index contributed by atoms with van der Waals surface area (Å²) < 4.78 is 23.2. The van der Waals surface area contributed by atoms with Crippen LogP contribution in [0.4, 0.5) is 5.95 Å². The van der Waals surface area contributed by atoms with E-state index in [2.05, 4.69) is 19.5 Å². The molecule has 1 aliphatic carbocycles. The molecule has 3 fully saturated rings. The smallest absolute Gasteiger partial charge is 0.316 e. The maximum absolute atomic E-state index is 14.5. The molecule has 16 heteroatoms. The Bertz CT molecular complexity index is 1770. The second-order valence-corrected chi connectivity index (χ2v) is 18.4. The van der Waals surface area contributed by atoms with Crippen LogP contribution in [0.1, 0.15) is 106 Å². The van der Waals surface area contributed by atoms with Gasteiger partial charge in [0.25, 0.3) is 0 Å². The van der Waals surface area contributed by atoms with Gasteiger partial charge in [0.05, 0.1) is 23.6 Å². The van der Waals surface area contributed by atoms with Crippen LogP contribution in [-0.2, 0) is 40.0 Å². The summed E-state index contributed by atoms with van der Waals surface area (Å²) in [5.41, 5.74) is 5.31. The third kappa shape index (κ3) is 10.1. The topological polar surface area (TPSA) is 209 Å². The molecule has 4 N–H and O–H groups in total. The van der Waals surface area contributed by atoms with Crippen LogP contribution in [0.2, 0.25) is 0 Å². The van der Waals surface area contributed by atoms with Crippen molar-refractivity contribution in [3.8, 4) is 10.6 Å². The lowest BCUT2D eigenvalue weighted by Crippen LogP contribution is -2.57. The number of nitrogens with zero attached hydrogens (tertiary/aromatic N) is 5. The van der Waals surface area contributed by atoms with E-state index in [0.717, 1.165) is 5.56 Å². The minimum Gasteiger partial charge on any atom is -0.459 e. The number of nitrogens with two attached hydrogens (primary N) is 1. The van der Waals surface area contributed by atoms with Gasteiger partial charge in [-0.05, 0) is 109 Å². The molecule has 0 spiro atoms. The van der Waals surface area contributed by atoms with Gasteiger partial charge in [-0.1, -0.05) is 39.8 Å². The fraction of sp³-hybridized carbons (Fsp3) is 0.738. The fourth-order valence-corrected chi connectivity index (χ4v) is 10.0. The number of fused-ring (bicyclic) bond motifs is 5. The number of anilines is 1. The van der Waals surface area contributed by atoms with Crippen LogP contribution in [0.3, 0.4) is 0 Å². The van der Waals surface area contributed by atoms with E-state index in [9.17, 15) is 24.6 Å². The molecule has 2 bridgehead atoms. The number of aliphatic hydroxyl groups is 2. The number of likely N-dealkylation sites (N-methyl/N-ethyl adjacent to an activating group) is 1. The highest BCUT2D eigenvalue weighted by Gasteiger charge is 2.52. The van der Waals surface area contributed by atoms with Crippen molar-refractivity contribution in [2.75, 3.05) is 19.8 Å². The van der Waals surface area contributed by atoms with Gasteiger partial charge in [-0.25, -0.2) is 0 Å². The zero-order valence-electron chi connectivity index (χ0n) is 35.7. The normalized spacial score (nSPS) is 37.8. The Morgan fingerprint density at radius 1 is 1.07 bits per heavy atom. The Labute approximate surface area is 346 Å². The molecule has 0 radical (unpaired) electrons. The van der Waals surface area contributed by atoms with Crippen LogP contribution >= 0.6 is 11.5 Å². The molecule has 1 unspecified atom stereocenters. The maximum Gasteiger partial charge on any atom is 0.316 e. The molecule has 0 aromatic carbocycles. The second-order valence-electron chi connectivity index (χ2n) is 17.6. The minimum atomic E-state index is -1.62. The summed E-state index contributed by atoms with van der Waals surface area (Å²) in [6.45, 7) is 14.4. The first-order valence-corrected chi connectivity index (χ1v) is 21.4. The largest absolute Gasteiger partial charge is 0.459 e. The van der Waals surface area contributed by atoms with Crippen LogP contribution in [0.15, 0.2) is 23.5 Å². The van der Waals surface area contributed by atoms with Crippen molar-refractivity contribution >= 4 is 40.7 Å². The van der Waals surface area contributed by atoms with Crippen LogP contribution in [0.5, 0.6) is 0 Å². The van der Waals surface area contributed by atoms with Crippen LogP contribution in [-0.4, -0.2) is 109 Å². The molecule has 2 saturated heterocycles. The fourth-order valence-electron chi connectivity index (χ4n) is 9.44. The van der Waals surface area contributed by atoms with Crippen LogP contribution in [0, 0.1) is 35.0 Å². The number of aliphatic hydroxyl groups excluding tert-OH is 1. The number of carbonyl (C=O) groups excluding carboxylic acids is 3. The molecule has 2 aromatic heterocycles. The van der Waals surface area contributed by atoms with Gasteiger partial charge in [-0.3, -0.25) is 19.4 Å². The molecular formula is C42H64N6O9S. The number of pyridine rings is 1. The number of cyclic esters (lactones) is 1. The highest BCUT2D eigenvalue weighted by Crippen LogP contribution is 2.46. The SMILES string of the molecule is CC[C@H]1OC(=O)[C@H](C)C(=O)C(C)[C@@H](O[C@@H]2O[C@H](C)C[C@H](N(C)C)[C@H]2O)[C@]2(C)CC/C(=N/OCc3ccc(-c4nc(N)ns4)cn3)CC[C@H]([C@@H](C)C(=O)[C@H](C)C2)[C@]1(C)O. The lowest BCUT2D eigenvalue weighted by Gasteiger charge is -2.48. The first-order chi connectivity index (χ1) is 27.3. The third-order valence-corrected chi connectivity index (χ3v) is 13.7. The van der Waals surface area contributed by atoms with Crippen molar-refractivity contribution < 1.29 is 43.6 Å². The molecule has 13 atom stereocenters. The van der Waals surface area contributed by atoms with Crippen molar-refractivity contribution in [3.63, 3.8) is 0 Å². The number of ketones is 2. The zero-order chi connectivity index (χ0) is 42.7. The van der Waals surface area contributed by atoms with E-state index in [0.29, 0.717) is 54.9 Å². The van der Waals surface area contributed by atoms with E-state index in [4.69, 9.17) is 24.8 Å². The molecule has 1 saturated carbocycles. The number of Topliss-reactive ketones (excluding diaryl/α,β-unsaturated/α-hetero) is 2. The summed E-state index contributed by atoms with van der Waals surface area (Å²) >= 11 is 1.19. The standard InChI is InChI=1S/C42H64N6O9S/c1-11-32-42(8,53)30-15-14-28(46-54-21-29-13-12-27(20-44-29)37-45-40(43)47-58-37)16-17-41(7,19-22(2)33(49)24(30)4)36(25(5)34(50)26(6)38(52)56-32)57-39-35(51)31(48(9)10)18-23(3)55-39/h12-13,20,22-26,30-32,35-36,39,51,53H,11,14-19,21H2,1-10H3,(H2,43,47)/b46-28+/t22-,23-,24-,25?,26-,30-,31+,32-,35-,36-,39+,41-,42+/m1/s1. The second kappa shape index (κ2) is 18.9. The third-order valence-electron chi connectivity index (χ3n) is 12.9. The number of aromatic nitrogens is 3. The van der Waals surface area contributed by atoms with E-state index in [1.807, 2.05) is 65.7 Å². The van der Waals surface area contributed by atoms with Gasteiger partial charge in [0.2, 0.25) is 5.95 Å². The molecule has 15 nitrogen and oxygen atoms in total. The molecule has 3 aliphatic rings. The summed E-state index contributed by atoms with van der Waals surface area (Å²) in [7, 11) is 3.78. The number of hydrogen-bond donors (Lipinski definition) is 3. The highest BCUT2D eigenvalue weighted by atomic mass is 32.1. The Hall–Kier alpha value is -3.41. The number of ether oxygens (including phenoxy) is 3. The van der Waals surface area contributed by atoms with Gasteiger partial charge in [0.15, 0.2) is 18.7 Å². The summed E-state index contributed by atoms with van der Waals surface area (Å²) in [6.07, 6.45) is 0.156. The van der Waals surface area contributed by atoms with Gasteiger partial charge in [-0.2, -0.15) is 9.36 Å². The minimum absolute atomic E-state index is 0.0431. The maximum atomic E-state index is 14.5. The summed E-state index contributed by atoms with van der Waals surface area (Å²) in [5, 5.41) is 29.3. The van der Waals surface area contributed by atoms with Crippen molar-refractivity contribution in [2.24, 2.45) is 40.2 Å². The van der Waals surface area contributed by atoms with E-state index in [1.54, 1.807) is 20.0 Å². The number of nitrogen functional groups attached to an aromatic ring is 1. The van der Waals surface area contributed by atoms with Crippen LogP contribution in [0.25, 0.3) is 10.6 Å². The monoisotopic (exact) mass is 828 g/mol. The Kier molecular flexibility index (Phi) is 14.9. The number of oxime groups is 1. The Morgan fingerprint density at radius 2 is 1.79 bits per heavy atom. The lowest BCUT2D eigenvalue weighted by molar-refractivity contribution is -0.286. The van der Waals surface area contributed by atoms with Crippen molar-refractivity contribution in [3.05, 3.63) is 24.0 Å². The van der Waals surface area contributed by atoms with Gasteiger partial charge in [0, 0.05) is 41.5 Å². The number of rotatable bonds is 8. The molecule has 4 heterocycles. The number of carbonyl (C=O) groups is 3. The molecule has 0 amide bonds. The van der Waals surface area contributed by atoms with Crippen molar-refractivity contribution in [1.82, 2.24) is 19.2 Å². The summed E-state index contributed by atoms with van der Waals surface area (Å²) in [4.78, 5) is 59.4. The van der Waals surface area contributed by atoms with E-state index in [1.165, 1.54) is 18.5 Å². The first kappa shape index (κ1) is 45.7. The van der Waals surface area contributed by atoms with E-state index in [-0.39, 0.29) is 36.9 Å². The molecular weight excluding hydrogens is 765 g/mol. The quantitative estimate of drug-likeness (QED) is 0.177. The lowest BCUT2D eigenvalue weighted by atomic mass is 9.66. The molecule has 58 heavy (non-hydrogen) atoms. The van der Waals surface area contributed by atoms with Crippen molar-refractivity contribution in [1.29, 1.82) is 0 Å². The summed E-state index contributed by atoms with van der Waals surface area (Å²) in [5.74, 6) is -4.81. The van der Waals surface area contributed by atoms with Gasteiger partial charge in [0.1, 0.15) is 34.5 Å². The van der Waals surface area contributed by atoms with E-state index >= 15 is 0 Å². The Balaban J connectivity index is 1.57. The average molecular weight is 829 g/mol. The van der Waals surface area contributed by atoms with E-state index < -0.39 is 77.0 Å². The number of hydrogen-bond acceptors (Lipinski definition) is 16. The van der Waals surface area contributed by atoms with Gasteiger partial charge >= 0.3 is 5.97 Å². The van der Waals surface area contributed by atoms with Crippen molar-refractivity contribution in [2.45, 2.75) is 149 Å². The Morgan fingerprint density at radius 3 is 2.41 bits per heavy atom. The highest BCUT2D eigenvalue weighted by molar-refractivity contribution is 7.09. The number of esters is 1. The molecule has 2 aromatic rings. The first-order valence-electron chi connectivity index (χ1n) is 20.6. The summed E-state index contributed by atoms with van der Waals surface area (Å²) in [6, 6.07) is 3.42. The predicted molar refractivity (Wildman–Crippen MR) is 219 cm³/mol. The van der Waals surface area contributed by atoms with Crippen LogP contribution < -0.4 is 5.73 Å². The average Bonchev–Trinajstić information content (AvgIpc) is 3.62. The molecule has 322 valence electrons.